The van der Waals surface area contributed by atoms with Gasteiger partial charge < -0.3 is 21.3 Å². The summed E-state index contributed by atoms with van der Waals surface area (Å²) in [7, 11) is 0. The number of benzene rings is 2. The van der Waals surface area contributed by atoms with Crippen molar-refractivity contribution in [1.29, 1.82) is 0 Å². The van der Waals surface area contributed by atoms with Gasteiger partial charge in [0.25, 0.3) is 0 Å². The minimum absolute atomic E-state index is 0.174. The van der Waals surface area contributed by atoms with Crippen LogP contribution in [0, 0.1) is 0 Å². The second kappa shape index (κ2) is 13.0. The molecular weight excluding hydrogens is 505 g/mol. The van der Waals surface area contributed by atoms with Crippen LogP contribution in [0.25, 0.3) is 0 Å². The normalized spacial score (nSPS) is 22.1. The predicted octanol–water partition coefficient (Wildman–Crippen LogP) is 5.46. The first-order chi connectivity index (χ1) is 17.8. The Bertz CT molecular complexity index is 1080. The van der Waals surface area contributed by atoms with Crippen LogP contribution in [0.1, 0.15) is 75.0 Å². The third-order valence-corrected chi connectivity index (χ3v) is 8.07. The Labute approximate surface area is 231 Å². The number of hydrogen-bond acceptors (Lipinski definition) is 3. The standard InChI is InChI=1S/C29H39Cl2N5O/c1-19-18-36(20(2)16-33-19)29(35-24-6-4-3-5-7-24)34-17-21-8-10-22(11-9-21)26(15-28(32)37)25-13-12-23(30)14-27(25)31/h8-14,19-20,24,26,33H,3-7,15-18H2,1-2H3,(H2,32,37)(H,34,35). The molecule has 2 aromatic carbocycles. The van der Waals surface area contributed by atoms with Crippen molar-refractivity contribution in [3.05, 3.63) is 69.2 Å². The van der Waals surface area contributed by atoms with Gasteiger partial charge in [-0.25, -0.2) is 4.99 Å². The molecule has 6 nitrogen and oxygen atoms in total. The van der Waals surface area contributed by atoms with E-state index in [1.54, 1.807) is 12.1 Å². The van der Waals surface area contributed by atoms with Gasteiger partial charge in [-0.05, 0) is 55.5 Å². The molecule has 0 bridgehead atoms. The summed E-state index contributed by atoms with van der Waals surface area (Å²) in [5.41, 5.74) is 8.53. The van der Waals surface area contributed by atoms with Gasteiger partial charge in [0.05, 0.1) is 6.54 Å². The minimum atomic E-state index is -0.373. The SMILES string of the molecule is CC1CN(C(=NCc2ccc(C(CC(N)=O)c3ccc(Cl)cc3Cl)cc2)NC2CCCCC2)C(C)CN1. The highest BCUT2D eigenvalue weighted by atomic mass is 35.5. The molecule has 1 amide bonds. The van der Waals surface area contributed by atoms with Crippen LogP contribution < -0.4 is 16.4 Å². The van der Waals surface area contributed by atoms with E-state index < -0.39 is 0 Å². The van der Waals surface area contributed by atoms with Gasteiger partial charge in [0.2, 0.25) is 5.91 Å². The maximum atomic E-state index is 11.9. The molecule has 2 aliphatic rings. The zero-order valence-electron chi connectivity index (χ0n) is 21.9. The molecule has 3 atom stereocenters. The van der Waals surface area contributed by atoms with Crippen LogP contribution in [0.2, 0.25) is 10.0 Å². The Kier molecular flexibility index (Phi) is 9.74. The number of aliphatic imine (C=N–C) groups is 1. The summed E-state index contributed by atoms with van der Waals surface area (Å²) in [6, 6.07) is 14.9. The Morgan fingerprint density at radius 1 is 1.14 bits per heavy atom. The molecule has 1 heterocycles. The minimum Gasteiger partial charge on any atom is -0.370 e. The monoisotopic (exact) mass is 543 g/mol. The van der Waals surface area contributed by atoms with Crippen molar-refractivity contribution in [2.24, 2.45) is 10.7 Å². The van der Waals surface area contributed by atoms with Crippen molar-refractivity contribution < 1.29 is 4.79 Å². The number of carbonyl (C=O) groups is 1. The van der Waals surface area contributed by atoms with E-state index in [1.165, 1.54) is 32.1 Å². The van der Waals surface area contributed by atoms with E-state index >= 15 is 0 Å². The number of rotatable bonds is 7. The molecule has 2 aromatic rings. The molecule has 1 saturated heterocycles. The molecule has 1 aliphatic carbocycles. The summed E-state index contributed by atoms with van der Waals surface area (Å²) in [6.45, 7) is 6.96. The van der Waals surface area contributed by atoms with Crippen LogP contribution in [0.15, 0.2) is 47.5 Å². The average molecular weight is 545 g/mol. The molecule has 200 valence electrons. The lowest BCUT2D eigenvalue weighted by molar-refractivity contribution is -0.118. The average Bonchev–Trinajstić information content (AvgIpc) is 2.88. The quantitative estimate of drug-likeness (QED) is 0.319. The van der Waals surface area contributed by atoms with Crippen LogP contribution in [0.4, 0.5) is 0 Å². The van der Waals surface area contributed by atoms with Crippen molar-refractivity contribution in [3.63, 3.8) is 0 Å². The van der Waals surface area contributed by atoms with Gasteiger partial charge >= 0.3 is 0 Å². The van der Waals surface area contributed by atoms with Gasteiger partial charge in [-0.1, -0.05) is 72.8 Å². The number of hydrogen-bond donors (Lipinski definition) is 3. The third kappa shape index (κ3) is 7.62. The fourth-order valence-electron chi connectivity index (χ4n) is 5.38. The van der Waals surface area contributed by atoms with Gasteiger partial charge in [0.15, 0.2) is 5.96 Å². The highest BCUT2D eigenvalue weighted by molar-refractivity contribution is 6.35. The van der Waals surface area contributed by atoms with Crippen LogP contribution in [0.3, 0.4) is 0 Å². The largest absolute Gasteiger partial charge is 0.370 e. The maximum absolute atomic E-state index is 11.9. The van der Waals surface area contributed by atoms with Gasteiger partial charge in [0.1, 0.15) is 0 Å². The number of nitrogens with zero attached hydrogens (tertiary/aromatic N) is 2. The molecule has 2 fully saturated rings. The first kappa shape index (κ1) is 27.7. The molecule has 37 heavy (non-hydrogen) atoms. The lowest BCUT2D eigenvalue weighted by atomic mass is 9.88. The first-order valence-corrected chi connectivity index (χ1v) is 14.2. The zero-order valence-corrected chi connectivity index (χ0v) is 23.4. The highest BCUT2D eigenvalue weighted by Crippen LogP contribution is 2.34. The molecule has 0 aromatic heterocycles. The van der Waals surface area contributed by atoms with E-state index in [2.05, 4.69) is 41.5 Å². The summed E-state index contributed by atoms with van der Waals surface area (Å²) < 4.78 is 0. The number of halogens is 2. The fraction of sp³-hybridized carbons (Fsp3) is 0.517. The predicted molar refractivity (Wildman–Crippen MR) is 153 cm³/mol. The third-order valence-electron chi connectivity index (χ3n) is 7.51. The fourth-order valence-corrected chi connectivity index (χ4v) is 5.92. The summed E-state index contributed by atoms with van der Waals surface area (Å²) >= 11 is 12.6. The Morgan fingerprint density at radius 2 is 1.86 bits per heavy atom. The topological polar surface area (TPSA) is 82.8 Å². The summed E-state index contributed by atoms with van der Waals surface area (Å²) in [4.78, 5) is 19.4. The van der Waals surface area contributed by atoms with Crippen molar-refractivity contribution >= 4 is 35.1 Å². The van der Waals surface area contributed by atoms with Gasteiger partial charge in [-0.3, -0.25) is 4.79 Å². The molecule has 1 aliphatic heterocycles. The second-order valence-corrected chi connectivity index (χ2v) is 11.4. The number of nitrogens with two attached hydrogens (primary N) is 1. The van der Waals surface area contributed by atoms with Crippen molar-refractivity contribution in [1.82, 2.24) is 15.5 Å². The smallest absolute Gasteiger partial charge is 0.218 e. The van der Waals surface area contributed by atoms with E-state index in [0.29, 0.717) is 34.7 Å². The van der Waals surface area contributed by atoms with E-state index in [-0.39, 0.29) is 18.2 Å². The molecule has 0 spiro atoms. The summed E-state index contributed by atoms with van der Waals surface area (Å²) in [6.07, 6.45) is 6.48. The number of primary amides is 1. The van der Waals surface area contributed by atoms with Gasteiger partial charge in [-0.2, -0.15) is 0 Å². The first-order valence-electron chi connectivity index (χ1n) is 13.4. The van der Waals surface area contributed by atoms with Crippen molar-refractivity contribution in [2.45, 2.75) is 83.0 Å². The van der Waals surface area contributed by atoms with E-state index in [0.717, 1.165) is 35.7 Å². The van der Waals surface area contributed by atoms with Gasteiger partial charge in [-0.15, -0.1) is 0 Å². The molecule has 4 rings (SSSR count). The molecule has 8 heteroatoms. The van der Waals surface area contributed by atoms with Crippen LogP contribution in [-0.2, 0) is 11.3 Å². The number of amides is 1. The maximum Gasteiger partial charge on any atom is 0.218 e. The number of piperazine rings is 1. The van der Waals surface area contributed by atoms with Crippen LogP contribution in [0.5, 0.6) is 0 Å². The van der Waals surface area contributed by atoms with Gasteiger partial charge in [0, 0.05) is 53.6 Å². The summed E-state index contributed by atoms with van der Waals surface area (Å²) in [5, 5.41) is 8.47. The van der Waals surface area contributed by atoms with E-state index in [9.17, 15) is 4.79 Å². The van der Waals surface area contributed by atoms with Crippen molar-refractivity contribution in [2.75, 3.05) is 13.1 Å². The van der Waals surface area contributed by atoms with Crippen LogP contribution in [-0.4, -0.2) is 48.0 Å². The highest BCUT2D eigenvalue weighted by Gasteiger charge is 2.27. The lowest BCUT2D eigenvalue weighted by Gasteiger charge is -2.41. The Morgan fingerprint density at radius 3 is 2.54 bits per heavy atom. The van der Waals surface area contributed by atoms with E-state index in [4.69, 9.17) is 33.9 Å². The zero-order chi connectivity index (χ0) is 26.4. The summed E-state index contributed by atoms with van der Waals surface area (Å²) in [5.74, 6) is 0.408. The number of guanidine groups is 1. The molecular formula is C29H39Cl2N5O. The molecule has 0 radical (unpaired) electrons. The Hall–Kier alpha value is -2.28. The number of nitrogens with one attached hydrogen (secondary N) is 2. The Balaban J connectivity index is 1.54. The second-order valence-electron chi connectivity index (χ2n) is 10.6. The van der Waals surface area contributed by atoms with Crippen molar-refractivity contribution in [3.8, 4) is 0 Å². The lowest BCUT2D eigenvalue weighted by Crippen LogP contribution is -2.60. The van der Waals surface area contributed by atoms with Crippen LogP contribution >= 0.6 is 23.2 Å². The molecule has 3 unspecified atom stereocenters. The molecule has 1 saturated carbocycles. The van der Waals surface area contributed by atoms with E-state index in [1.807, 2.05) is 18.2 Å². The molecule has 4 N–H and O–H groups in total. The number of carbonyl (C=O) groups excluding carboxylic acids is 1.